The number of hydrogen-bond acceptors (Lipinski definition) is 4. The molecule has 0 aliphatic rings. The fourth-order valence-corrected chi connectivity index (χ4v) is 2.04. The molecule has 0 saturated heterocycles. The summed E-state index contributed by atoms with van der Waals surface area (Å²) in [5, 5.41) is 9.74. The molecule has 0 spiro atoms. The Hall–Kier alpha value is -1.39. The van der Waals surface area contributed by atoms with Gasteiger partial charge in [-0.25, -0.2) is 0 Å². The van der Waals surface area contributed by atoms with Crippen molar-refractivity contribution in [3.63, 3.8) is 0 Å². The molecule has 1 unspecified atom stereocenters. The Labute approximate surface area is 133 Å². The molecular weight excluding hydrogens is 280 g/mol. The largest absolute Gasteiger partial charge is 0.490 e. The second kappa shape index (κ2) is 8.91. The Morgan fingerprint density at radius 1 is 1.18 bits per heavy atom. The number of benzene rings is 1. The van der Waals surface area contributed by atoms with Crippen LogP contribution in [0.25, 0.3) is 0 Å². The Bertz CT molecular complexity index is 445. The number of carbonyl (C=O) groups excluding carboxylic acids is 1. The molecule has 0 heterocycles. The van der Waals surface area contributed by atoms with Crippen molar-refractivity contribution in [1.29, 1.82) is 0 Å². The fraction of sp³-hybridized carbons (Fsp3) is 0.611. The molecule has 4 nitrogen and oxygen atoms in total. The molecule has 22 heavy (non-hydrogen) atoms. The van der Waals surface area contributed by atoms with E-state index in [0.717, 1.165) is 31.6 Å². The predicted octanol–water partition coefficient (Wildman–Crippen LogP) is 3.61. The van der Waals surface area contributed by atoms with Gasteiger partial charge in [-0.15, -0.1) is 0 Å². The second-order valence-corrected chi connectivity index (χ2v) is 5.96. The predicted molar refractivity (Wildman–Crippen MR) is 87.5 cm³/mol. The summed E-state index contributed by atoms with van der Waals surface area (Å²) in [5.74, 6) is 0.439. The van der Waals surface area contributed by atoms with E-state index in [-0.39, 0.29) is 11.9 Å². The van der Waals surface area contributed by atoms with Gasteiger partial charge in [0.25, 0.3) is 0 Å². The van der Waals surface area contributed by atoms with Gasteiger partial charge in [-0.1, -0.05) is 13.8 Å². The summed E-state index contributed by atoms with van der Waals surface area (Å²) in [6.45, 7) is 8.62. The smallest absolute Gasteiger partial charge is 0.193 e. The first kappa shape index (κ1) is 18.7. The van der Waals surface area contributed by atoms with Crippen molar-refractivity contribution >= 4 is 5.78 Å². The number of ether oxygens (including phenoxy) is 2. The van der Waals surface area contributed by atoms with E-state index in [1.807, 2.05) is 0 Å². The van der Waals surface area contributed by atoms with Crippen molar-refractivity contribution in [2.45, 2.75) is 58.7 Å². The molecule has 0 aliphatic heterocycles. The van der Waals surface area contributed by atoms with Gasteiger partial charge < -0.3 is 14.6 Å². The highest BCUT2D eigenvalue weighted by atomic mass is 16.5. The molecule has 1 atom stereocenters. The normalized spacial score (nSPS) is 13.0. The average molecular weight is 308 g/mol. The molecule has 0 fully saturated rings. The van der Waals surface area contributed by atoms with Crippen LogP contribution in [0.15, 0.2) is 24.3 Å². The van der Waals surface area contributed by atoms with Crippen molar-refractivity contribution in [3.8, 4) is 5.75 Å². The second-order valence-electron chi connectivity index (χ2n) is 5.96. The van der Waals surface area contributed by atoms with Gasteiger partial charge in [0.2, 0.25) is 0 Å². The molecule has 0 aliphatic carbocycles. The van der Waals surface area contributed by atoms with E-state index in [0.29, 0.717) is 12.2 Å². The van der Waals surface area contributed by atoms with Gasteiger partial charge >= 0.3 is 0 Å². The fourth-order valence-electron chi connectivity index (χ4n) is 2.04. The number of hydrogen-bond donors (Lipinski definition) is 1. The van der Waals surface area contributed by atoms with E-state index in [1.54, 1.807) is 24.3 Å². The first-order valence-electron chi connectivity index (χ1n) is 8.00. The number of Topliss-reactive ketones (excluding diaryl/α,β-unsaturated/α-hetero) is 1. The van der Waals surface area contributed by atoms with Crippen LogP contribution in [0.5, 0.6) is 5.75 Å². The first-order chi connectivity index (χ1) is 10.4. The molecule has 0 saturated carbocycles. The summed E-state index contributed by atoms with van der Waals surface area (Å²) in [6.07, 6.45) is 2.88. The minimum Gasteiger partial charge on any atom is -0.490 e. The van der Waals surface area contributed by atoms with Gasteiger partial charge in [-0.2, -0.15) is 0 Å². The number of carbonyl (C=O) groups is 1. The number of ketones is 1. The van der Waals surface area contributed by atoms with Gasteiger partial charge in [-0.3, -0.25) is 4.79 Å². The highest BCUT2D eigenvalue weighted by Crippen LogP contribution is 2.19. The number of rotatable bonds is 10. The minimum absolute atomic E-state index is 0.104. The highest BCUT2D eigenvalue weighted by molar-refractivity contribution is 6.01. The lowest BCUT2D eigenvalue weighted by Crippen LogP contribution is -2.31. The SMILES string of the molecule is CCCOCCC(CC)Oc1ccc(C(=O)C(C)(C)O)cc1. The van der Waals surface area contributed by atoms with E-state index in [4.69, 9.17) is 9.47 Å². The van der Waals surface area contributed by atoms with Crippen LogP contribution in [0.2, 0.25) is 0 Å². The first-order valence-corrected chi connectivity index (χ1v) is 8.00. The van der Waals surface area contributed by atoms with Crippen molar-refractivity contribution < 1.29 is 19.4 Å². The summed E-state index contributed by atoms with van der Waals surface area (Å²) < 4.78 is 11.4. The highest BCUT2D eigenvalue weighted by Gasteiger charge is 2.25. The van der Waals surface area contributed by atoms with E-state index < -0.39 is 5.60 Å². The van der Waals surface area contributed by atoms with Crippen LogP contribution in [-0.4, -0.2) is 35.8 Å². The van der Waals surface area contributed by atoms with Crippen molar-refractivity contribution in [1.82, 2.24) is 0 Å². The monoisotopic (exact) mass is 308 g/mol. The third-order valence-electron chi connectivity index (χ3n) is 3.36. The zero-order valence-electron chi connectivity index (χ0n) is 14.1. The quantitative estimate of drug-likeness (QED) is 0.530. The summed E-state index contributed by atoms with van der Waals surface area (Å²) >= 11 is 0. The lowest BCUT2D eigenvalue weighted by molar-refractivity contribution is 0.0488. The molecule has 1 rings (SSSR count). The molecule has 0 amide bonds. The average Bonchev–Trinajstić information content (AvgIpc) is 2.49. The maximum atomic E-state index is 12.0. The molecular formula is C18H28O4. The summed E-state index contributed by atoms with van der Waals surface area (Å²) in [5.41, 5.74) is -0.871. The van der Waals surface area contributed by atoms with Crippen LogP contribution < -0.4 is 4.74 Å². The molecule has 124 valence electrons. The molecule has 0 bridgehead atoms. The Kier molecular flexibility index (Phi) is 7.56. The summed E-state index contributed by atoms with van der Waals surface area (Å²) in [6, 6.07) is 6.93. The van der Waals surface area contributed by atoms with Crippen LogP contribution >= 0.6 is 0 Å². The van der Waals surface area contributed by atoms with Crippen LogP contribution in [0.4, 0.5) is 0 Å². The van der Waals surface area contributed by atoms with Crippen LogP contribution in [0, 0.1) is 0 Å². The summed E-state index contributed by atoms with van der Waals surface area (Å²) in [4.78, 5) is 12.0. The number of aliphatic hydroxyl groups is 1. The lowest BCUT2D eigenvalue weighted by Gasteiger charge is -2.19. The van der Waals surface area contributed by atoms with Gasteiger partial charge in [0.1, 0.15) is 17.5 Å². The van der Waals surface area contributed by atoms with Gasteiger partial charge in [-0.05, 0) is 51.0 Å². The van der Waals surface area contributed by atoms with Crippen molar-refractivity contribution in [2.24, 2.45) is 0 Å². The molecule has 0 radical (unpaired) electrons. The topological polar surface area (TPSA) is 55.8 Å². The third kappa shape index (κ3) is 6.16. The maximum absolute atomic E-state index is 12.0. The van der Waals surface area contributed by atoms with E-state index in [2.05, 4.69) is 13.8 Å². The minimum atomic E-state index is -1.36. The van der Waals surface area contributed by atoms with Crippen LogP contribution in [-0.2, 0) is 4.74 Å². The van der Waals surface area contributed by atoms with E-state index >= 15 is 0 Å². The van der Waals surface area contributed by atoms with Gasteiger partial charge in [0, 0.05) is 18.6 Å². The van der Waals surface area contributed by atoms with E-state index in [9.17, 15) is 9.90 Å². The van der Waals surface area contributed by atoms with Crippen LogP contribution in [0.1, 0.15) is 57.3 Å². The molecule has 4 heteroatoms. The standard InChI is InChI=1S/C18H28O4/c1-5-12-21-13-11-15(6-2)22-16-9-7-14(8-10-16)17(19)18(3,4)20/h7-10,15,20H,5-6,11-13H2,1-4H3. The summed E-state index contributed by atoms with van der Waals surface area (Å²) in [7, 11) is 0. The third-order valence-corrected chi connectivity index (χ3v) is 3.36. The zero-order valence-corrected chi connectivity index (χ0v) is 14.1. The zero-order chi connectivity index (χ0) is 16.6. The molecule has 1 aromatic rings. The Morgan fingerprint density at radius 3 is 2.32 bits per heavy atom. The molecule has 1 N–H and O–H groups in total. The van der Waals surface area contributed by atoms with E-state index in [1.165, 1.54) is 13.8 Å². The molecule has 0 aromatic heterocycles. The van der Waals surface area contributed by atoms with Crippen LogP contribution in [0.3, 0.4) is 0 Å². The van der Waals surface area contributed by atoms with Gasteiger partial charge in [0.15, 0.2) is 5.78 Å². The molecule has 1 aromatic carbocycles. The maximum Gasteiger partial charge on any atom is 0.193 e. The Balaban J connectivity index is 2.57. The van der Waals surface area contributed by atoms with Gasteiger partial charge in [0.05, 0.1) is 6.61 Å². The lowest BCUT2D eigenvalue weighted by atomic mass is 9.97. The Morgan fingerprint density at radius 2 is 1.82 bits per heavy atom. The van der Waals surface area contributed by atoms with Crippen molar-refractivity contribution in [2.75, 3.05) is 13.2 Å². The van der Waals surface area contributed by atoms with Crippen molar-refractivity contribution in [3.05, 3.63) is 29.8 Å².